The third kappa shape index (κ3) is 6.27. The van der Waals surface area contributed by atoms with E-state index in [4.69, 9.17) is 14.6 Å². The lowest BCUT2D eigenvalue weighted by molar-refractivity contribution is -0.143. The fraction of sp³-hybridized carbons (Fsp3) is 0.353. The molecule has 2 rings (SSSR count). The lowest BCUT2D eigenvalue weighted by Gasteiger charge is -2.11. The number of carboxylic acids is 1. The van der Waals surface area contributed by atoms with Crippen LogP contribution in [0.4, 0.5) is 0 Å². The predicted molar refractivity (Wildman–Crippen MR) is 102 cm³/mol. The van der Waals surface area contributed by atoms with Crippen LogP contribution in [0.3, 0.4) is 0 Å². The molecule has 1 aromatic carbocycles. The van der Waals surface area contributed by atoms with Gasteiger partial charge >= 0.3 is 11.9 Å². The summed E-state index contributed by atoms with van der Waals surface area (Å²) in [7, 11) is 1.27. The first-order chi connectivity index (χ1) is 13.4. The van der Waals surface area contributed by atoms with E-state index in [1.54, 1.807) is 18.2 Å². The van der Waals surface area contributed by atoms with Crippen LogP contribution >= 0.6 is 11.8 Å². The third-order valence-corrected chi connectivity index (χ3v) is 4.40. The van der Waals surface area contributed by atoms with Gasteiger partial charge in [0.15, 0.2) is 23.3 Å². The number of hydrogen-bond acceptors (Lipinski definition) is 9. The van der Waals surface area contributed by atoms with Crippen LogP contribution in [0.1, 0.15) is 18.9 Å². The molecule has 1 saturated heterocycles. The Labute approximate surface area is 164 Å². The number of ether oxygens (including phenoxy) is 3. The molecule has 10 nitrogen and oxygen atoms in total. The van der Waals surface area contributed by atoms with Crippen molar-refractivity contribution in [2.75, 3.05) is 20.3 Å². The quantitative estimate of drug-likeness (QED) is 0.351. The third-order valence-electron chi connectivity index (χ3n) is 3.33. The van der Waals surface area contributed by atoms with E-state index in [9.17, 15) is 14.4 Å². The molecule has 0 bridgehead atoms. The summed E-state index contributed by atoms with van der Waals surface area (Å²) in [5, 5.41) is 18.5. The maximum atomic E-state index is 11.6. The zero-order valence-electron chi connectivity index (χ0n) is 15.2. The number of nitrogens with zero attached hydrogens (tertiary/aromatic N) is 2. The number of amidine groups is 1. The van der Waals surface area contributed by atoms with Gasteiger partial charge in [-0.15, -0.1) is 5.10 Å². The Morgan fingerprint density at radius 1 is 1.32 bits per heavy atom. The van der Waals surface area contributed by atoms with Crippen LogP contribution in [0.15, 0.2) is 28.4 Å². The van der Waals surface area contributed by atoms with Gasteiger partial charge < -0.3 is 24.6 Å². The van der Waals surface area contributed by atoms with Gasteiger partial charge in [-0.2, -0.15) is 5.10 Å². The van der Waals surface area contributed by atoms with Crippen LogP contribution in [0.5, 0.6) is 11.5 Å². The largest absolute Gasteiger partial charge is 0.490 e. The first kappa shape index (κ1) is 21.2. The number of carbonyl (C=O) groups excluding carboxylic acids is 2. The Balaban J connectivity index is 2.05. The highest BCUT2D eigenvalue weighted by Gasteiger charge is 2.32. The number of methoxy groups -OCH3 is 1. The van der Waals surface area contributed by atoms with E-state index in [0.717, 1.165) is 11.8 Å². The number of thioether (sulfide) groups is 1. The number of hydrogen-bond donors (Lipinski definition) is 2. The lowest BCUT2D eigenvalue weighted by Crippen LogP contribution is -2.26. The predicted octanol–water partition coefficient (Wildman–Crippen LogP) is 1.03. The average molecular weight is 409 g/mol. The van der Waals surface area contributed by atoms with Crippen molar-refractivity contribution in [3.63, 3.8) is 0 Å². The van der Waals surface area contributed by atoms with Crippen LogP contribution in [-0.2, 0) is 19.1 Å². The standard InChI is InChI=1S/C17H19N3O7S/c1-3-26-12-6-10(4-5-11(12)27-9-15(23)25-2)8-18-20-17-19-16(24)13(28-17)7-14(21)22/h4-6,8,13H,3,7,9H2,1-2H3,(H,21,22)(H,19,20,24). The van der Waals surface area contributed by atoms with Gasteiger partial charge in [-0.3, -0.25) is 9.59 Å². The summed E-state index contributed by atoms with van der Waals surface area (Å²) in [5.41, 5.74) is 0.648. The van der Waals surface area contributed by atoms with Crippen molar-refractivity contribution in [3.05, 3.63) is 23.8 Å². The maximum Gasteiger partial charge on any atom is 0.343 e. The summed E-state index contributed by atoms with van der Waals surface area (Å²) < 4.78 is 15.4. The summed E-state index contributed by atoms with van der Waals surface area (Å²) in [6.45, 7) is 1.96. The fourth-order valence-corrected chi connectivity index (χ4v) is 3.00. The Morgan fingerprint density at radius 3 is 2.79 bits per heavy atom. The molecule has 1 amide bonds. The lowest BCUT2D eigenvalue weighted by atomic mass is 10.2. The molecule has 1 aliphatic heterocycles. The van der Waals surface area contributed by atoms with E-state index in [0.29, 0.717) is 23.7 Å². The first-order valence-electron chi connectivity index (χ1n) is 8.19. The van der Waals surface area contributed by atoms with Crippen LogP contribution in [0.25, 0.3) is 0 Å². The van der Waals surface area contributed by atoms with Crippen molar-refractivity contribution in [3.8, 4) is 11.5 Å². The Bertz CT molecular complexity index is 810. The molecule has 0 aromatic heterocycles. The zero-order chi connectivity index (χ0) is 20.5. The molecule has 1 aromatic rings. The molecule has 0 spiro atoms. The van der Waals surface area contributed by atoms with E-state index < -0.39 is 23.1 Å². The van der Waals surface area contributed by atoms with Gasteiger partial charge in [-0.05, 0) is 30.7 Å². The molecule has 0 aliphatic carbocycles. The summed E-state index contributed by atoms with van der Waals surface area (Å²) in [6, 6.07) is 4.97. The van der Waals surface area contributed by atoms with Crippen molar-refractivity contribution in [2.24, 2.45) is 10.2 Å². The molecule has 150 valence electrons. The van der Waals surface area contributed by atoms with Gasteiger partial charge in [0.05, 0.1) is 26.4 Å². The van der Waals surface area contributed by atoms with Crippen LogP contribution in [0, 0.1) is 0 Å². The SMILES string of the molecule is CCOc1cc(C=NN=C2NC(=O)C(CC(=O)O)S2)ccc1OCC(=O)OC. The molecule has 0 radical (unpaired) electrons. The molecule has 1 unspecified atom stereocenters. The number of amides is 1. The Kier molecular flexibility index (Phi) is 7.81. The topological polar surface area (TPSA) is 136 Å². The van der Waals surface area contributed by atoms with Gasteiger partial charge in [0.1, 0.15) is 5.25 Å². The summed E-state index contributed by atoms with van der Waals surface area (Å²) in [6.07, 6.45) is 1.15. The van der Waals surface area contributed by atoms with Crippen LogP contribution in [0.2, 0.25) is 0 Å². The van der Waals surface area contributed by atoms with Gasteiger partial charge in [-0.25, -0.2) is 4.79 Å². The van der Waals surface area contributed by atoms with Crippen LogP contribution in [-0.4, -0.2) is 59.9 Å². The monoisotopic (exact) mass is 409 g/mol. The average Bonchev–Trinajstić information content (AvgIpc) is 2.99. The van der Waals surface area contributed by atoms with Crippen LogP contribution < -0.4 is 14.8 Å². The summed E-state index contributed by atoms with van der Waals surface area (Å²) in [5.74, 6) is -1.18. The van der Waals surface area contributed by atoms with Crippen molar-refractivity contribution in [1.82, 2.24) is 5.32 Å². The number of aliphatic carboxylic acids is 1. The van der Waals surface area contributed by atoms with E-state index in [1.165, 1.54) is 13.3 Å². The number of carboxylic acid groups (broad SMARTS) is 1. The highest BCUT2D eigenvalue weighted by atomic mass is 32.2. The van der Waals surface area contributed by atoms with Gasteiger partial charge in [0.2, 0.25) is 5.91 Å². The van der Waals surface area contributed by atoms with E-state index >= 15 is 0 Å². The number of carbonyl (C=O) groups is 3. The number of nitrogens with one attached hydrogen (secondary N) is 1. The normalized spacial score (nSPS) is 17.6. The summed E-state index contributed by atoms with van der Waals surface area (Å²) >= 11 is 1.01. The minimum Gasteiger partial charge on any atom is -0.490 e. The minimum atomic E-state index is -1.06. The molecular weight excluding hydrogens is 390 g/mol. The molecule has 2 N–H and O–H groups in total. The first-order valence-corrected chi connectivity index (χ1v) is 9.07. The smallest absolute Gasteiger partial charge is 0.343 e. The van der Waals surface area contributed by atoms with Gasteiger partial charge in [0.25, 0.3) is 0 Å². The Morgan fingerprint density at radius 2 is 2.11 bits per heavy atom. The highest BCUT2D eigenvalue weighted by molar-refractivity contribution is 8.15. The van der Waals surface area contributed by atoms with Crippen molar-refractivity contribution in [1.29, 1.82) is 0 Å². The molecular formula is C17H19N3O7S. The molecule has 1 heterocycles. The van der Waals surface area contributed by atoms with Crippen molar-refractivity contribution >= 4 is 41.0 Å². The zero-order valence-corrected chi connectivity index (χ0v) is 16.0. The highest BCUT2D eigenvalue weighted by Crippen LogP contribution is 2.28. The minimum absolute atomic E-state index is 0.232. The van der Waals surface area contributed by atoms with Gasteiger partial charge in [-0.1, -0.05) is 11.8 Å². The molecule has 0 saturated carbocycles. The number of esters is 1. The van der Waals surface area contributed by atoms with Crippen molar-refractivity contribution in [2.45, 2.75) is 18.6 Å². The molecule has 11 heteroatoms. The summed E-state index contributed by atoms with van der Waals surface area (Å²) in [4.78, 5) is 33.6. The molecule has 1 fully saturated rings. The molecule has 1 atom stereocenters. The number of rotatable bonds is 9. The second kappa shape index (κ2) is 10.3. The second-order valence-electron chi connectivity index (χ2n) is 5.35. The van der Waals surface area contributed by atoms with Crippen molar-refractivity contribution < 1.29 is 33.7 Å². The molecule has 28 heavy (non-hydrogen) atoms. The van der Waals surface area contributed by atoms with Gasteiger partial charge in [0, 0.05) is 0 Å². The fourth-order valence-electron chi connectivity index (χ4n) is 2.08. The van der Waals surface area contributed by atoms with E-state index in [1.807, 2.05) is 6.92 Å². The Hall–Kier alpha value is -3.08. The van der Waals surface area contributed by atoms with E-state index in [2.05, 4.69) is 20.3 Å². The maximum absolute atomic E-state index is 11.6. The number of benzene rings is 1. The molecule has 1 aliphatic rings. The second-order valence-corrected chi connectivity index (χ2v) is 6.54. The van der Waals surface area contributed by atoms with E-state index in [-0.39, 0.29) is 18.2 Å².